The Bertz CT molecular complexity index is 755. The molecule has 0 bridgehead atoms. The molecule has 0 amide bonds. The minimum atomic E-state index is 0.0787. The number of allylic oxidation sites excluding steroid dienone is 1. The van der Waals surface area contributed by atoms with Crippen LogP contribution in [0, 0.1) is 39.9 Å². The molecule has 5 rings (SSSR count). The molecule has 0 aromatic heterocycles. The molecule has 32 heavy (non-hydrogen) atoms. The van der Waals surface area contributed by atoms with Crippen molar-refractivity contribution in [3.05, 3.63) is 11.6 Å². The van der Waals surface area contributed by atoms with Crippen LogP contribution in [-0.2, 0) is 23.7 Å². The third-order valence-corrected chi connectivity index (χ3v) is 10.6. The maximum Gasteiger partial charge on any atom is 0.155 e. The Kier molecular flexibility index (Phi) is 6.10. The lowest BCUT2D eigenvalue weighted by Crippen LogP contribution is -2.58. The summed E-state index contributed by atoms with van der Waals surface area (Å²) in [6.45, 7) is 7.82. The van der Waals surface area contributed by atoms with E-state index in [1.807, 2.05) is 13.2 Å². The van der Waals surface area contributed by atoms with Crippen LogP contribution in [0.25, 0.3) is 0 Å². The summed E-state index contributed by atoms with van der Waals surface area (Å²) in [4.78, 5) is 12.2. The van der Waals surface area contributed by atoms with Gasteiger partial charge in [-0.3, -0.25) is 4.79 Å². The van der Waals surface area contributed by atoms with Gasteiger partial charge in [-0.15, -0.1) is 0 Å². The predicted molar refractivity (Wildman–Crippen MR) is 122 cm³/mol. The van der Waals surface area contributed by atoms with Crippen LogP contribution < -0.4 is 0 Å². The van der Waals surface area contributed by atoms with E-state index >= 15 is 0 Å². The molecule has 3 saturated carbocycles. The molecule has 0 spiro atoms. The van der Waals surface area contributed by atoms with Gasteiger partial charge in [-0.1, -0.05) is 19.4 Å². The SMILES string of the molecule is COCOC1CC2(C)C(CCC2C2(COC)CCOC2)C2CCC3=CC(=O)CCC3(C)C12. The third-order valence-electron chi connectivity index (χ3n) is 10.6. The van der Waals surface area contributed by atoms with E-state index < -0.39 is 0 Å². The number of rotatable bonds is 6. The summed E-state index contributed by atoms with van der Waals surface area (Å²) in [7, 11) is 3.57. The number of hydrogen-bond donors (Lipinski definition) is 0. The number of fused-ring (bicyclic) bond motifs is 5. The molecule has 180 valence electrons. The number of ketones is 1. The summed E-state index contributed by atoms with van der Waals surface area (Å²) in [6.07, 6.45) is 10.8. The summed E-state index contributed by atoms with van der Waals surface area (Å²) in [5.74, 6) is 2.76. The highest BCUT2D eigenvalue weighted by molar-refractivity contribution is 5.91. The van der Waals surface area contributed by atoms with Crippen molar-refractivity contribution < 1.29 is 23.7 Å². The van der Waals surface area contributed by atoms with Crippen LogP contribution >= 0.6 is 0 Å². The lowest BCUT2D eigenvalue weighted by molar-refractivity contribution is -0.191. The van der Waals surface area contributed by atoms with Gasteiger partial charge < -0.3 is 18.9 Å². The van der Waals surface area contributed by atoms with Gasteiger partial charge in [0, 0.05) is 32.7 Å². The number of carbonyl (C=O) groups excluding carboxylic acids is 1. The Morgan fingerprint density at radius 3 is 2.66 bits per heavy atom. The smallest absolute Gasteiger partial charge is 0.155 e. The fourth-order valence-corrected chi connectivity index (χ4v) is 9.37. The van der Waals surface area contributed by atoms with Crippen molar-refractivity contribution in [2.75, 3.05) is 40.8 Å². The normalized spacial score (nSPS) is 48.2. The van der Waals surface area contributed by atoms with E-state index in [1.165, 1.54) is 24.8 Å². The summed E-state index contributed by atoms with van der Waals surface area (Å²) < 4.78 is 23.7. The van der Waals surface area contributed by atoms with Crippen molar-refractivity contribution >= 4 is 5.78 Å². The van der Waals surface area contributed by atoms with Crippen molar-refractivity contribution in [3.63, 3.8) is 0 Å². The van der Waals surface area contributed by atoms with Crippen LogP contribution in [0.4, 0.5) is 0 Å². The van der Waals surface area contributed by atoms with Crippen LogP contribution in [-0.4, -0.2) is 52.7 Å². The molecule has 5 aliphatic rings. The standard InChI is InChI=1S/C27H42O5/c1-25-10-9-19(28)13-18(25)5-6-20-21-7-8-23(27(15-29-3)11-12-31-16-27)26(21,2)14-22(24(20)25)32-17-30-4/h13,20-24H,5-12,14-17H2,1-4H3. The lowest BCUT2D eigenvalue weighted by atomic mass is 9.44. The molecule has 1 saturated heterocycles. The Morgan fingerprint density at radius 2 is 1.94 bits per heavy atom. The predicted octanol–water partition coefficient (Wildman–Crippen LogP) is 4.79. The highest BCUT2D eigenvalue weighted by Crippen LogP contribution is 2.69. The summed E-state index contributed by atoms with van der Waals surface area (Å²) in [6, 6.07) is 0. The molecule has 8 atom stereocenters. The number of carbonyl (C=O) groups is 1. The first kappa shape index (κ1) is 23.0. The van der Waals surface area contributed by atoms with Gasteiger partial charge in [0.05, 0.1) is 19.3 Å². The third kappa shape index (κ3) is 3.37. The molecular weight excluding hydrogens is 404 g/mol. The molecule has 5 nitrogen and oxygen atoms in total. The molecule has 4 aliphatic carbocycles. The second-order valence-corrected chi connectivity index (χ2v) is 11.9. The van der Waals surface area contributed by atoms with Gasteiger partial charge in [-0.25, -0.2) is 0 Å². The molecule has 1 aliphatic heterocycles. The maximum absolute atomic E-state index is 12.2. The molecule has 8 unspecified atom stereocenters. The molecule has 0 radical (unpaired) electrons. The first-order valence-electron chi connectivity index (χ1n) is 12.8. The Labute approximate surface area is 193 Å². The van der Waals surface area contributed by atoms with Crippen molar-refractivity contribution in [2.45, 2.75) is 71.3 Å². The molecule has 0 aromatic carbocycles. The van der Waals surface area contributed by atoms with Crippen LogP contribution in [0.5, 0.6) is 0 Å². The molecule has 1 heterocycles. The Hall–Kier alpha value is -0.750. The second-order valence-electron chi connectivity index (χ2n) is 11.9. The van der Waals surface area contributed by atoms with E-state index in [9.17, 15) is 4.79 Å². The van der Waals surface area contributed by atoms with Gasteiger partial charge in [0.1, 0.15) is 6.79 Å². The van der Waals surface area contributed by atoms with Gasteiger partial charge >= 0.3 is 0 Å². The molecule has 0 N–H and O–H groups in total. The molecule has 0 aromatic rings. The summed E-state index contributed by atoms with van der Waals surface area (Å²) in [5, 5.41) is 0. The van der Waals surface area contributed by atoms with E-state index in [2.05, 4.69) is 13.8 Å². The monoisotopic (exact) mass is 446 g/mol. The summed E-state index contributed by atoms with van der Waals surface area (Å²) in [5.41, 5.74) is 1.83. The number of methoxy groups -OCH3 is 2. The largest absolute Gasteiger partial charge is 0.384 e. The highest BCUT2D eigenvalue weighted by atomic mass is 16.7. The summed E-state index contributed by atoms with van der Waals surface area (Å²) >= 11 is 0. The van der Waals surface area contributed by atoms with E-state index in [-0.39, 0.29) is 22.3 Å². The second kappa shape index (κ2) is 8.48. The average Bonchev–Trinajstić information content (AvgIpc) is 3.37. The van der Waals surface area contributed by atoms with Gasteiger partial charge in [-0.05, 0) is 85.5 Å². The van der Waals surface area contributed by atoms with E-state index in [4.69, 9.17) is 18.9 Å². The molecular formula is C27H42O5. The van der Waals surface area contributed by atoms with E-state index in [0.717, 1.165) is 45.5 Å². The number of hydrogen-bond acceptors (Lipinski definition) is 5. The average molecular weight is 447 g/mol. The van der Waals surface area contributed by atoms with Crippen LogP contribution in [0.3, 0.4) is 0 Å². The first-order valence-corrected chi connectivity index (χ1v) is 12.8. The van der Waals surface area contributed by atoms with Gasteiger partial charge in [0.15, 0.2) is 5.78 Å². The fraction of sp³-hybridized carbons (Fsp3) is 0.889. The Morgan fingerprint density at radius 1 is 1.09 bits per heavy atom. The van der Waals surface area contributed by atoms with Crippen LogP contribution in [0.1, 0.15) is 65.2 Å². The van der Waals surface area contributed by atoms with Crippen LogP contribution in [0.2, 0.25) is 0 Å². The topological polar surface area (TPSA) is 54.0 Å². The van der Waals surface area contributed by atoms with Crippen molar-refractivity contribution in [1.29, 1.82) is 0 Å². The maximum atomic E-state index is 12.2. The van der Waals surface area contributed by atoms with E-state index in [1.54, 1.807) is 7.11 Å². The Balaban J connectivity index is 1.52. The zero-order chi connectivity index (χ0) is 22.6. The highest BCUT2D eigenvalue weighted by Gasteiger charge is 2.65. The van der Waals surface area contributed by atoms with Crippen molar-refractivity contribution in [1.82, 2.24) is 0 Å². The van der Waals surface area contributed by atoms with Gasteiger partial charge in [0.2, 0.25) is 0 Å². The quantitative estimate of drug-likeness (QED) is 0.549. The zero-order valence-electron chi connectivity index (χ0n) is 20.5. The molecule has 5 heteroatoms. The van der Waals surface area contributed by atoms with Crippen LogP contribution in [0.15, 0.2) is 11.6 Å². The minimum Gasteiger partial charge on any atom is -0.384 e. The van der Waals surface area contributed by atoms with Gasteiger partial charge in [0.25, 0.3) is 0 Å². The fourth-order valence-electron chi connectivity index (χ4n) is 9.37. The first-order chi connectivity index (χ1) is 15.4. The minimum absolute atomic E-state index is 0.0787. The van der Waals surface area contributed by atoms with Gasteiger partial charge in [-0.2, -0.15) is 0 Å². The van der Waals surface area contributed by atoms with Crippen molar-refractivity contribution in [2.24, 2.45) is 39.9 Å². The van der Waals surface area contributed by atoms with Crippen molar-refractivity contribution in [3.8, 4) is 0 Å². The zero-order valence-corrected chi connectivity index (χ0v) is 20.5. The van der Waals surface area contributed by atoms with E-state index in [0.29, 0.717) is 42.7 Å². The molecule has 4 fully saturated rings. The lowest BCUT2D eigenvalue weighted by Gasteiger charge is -2.61. The number of ether oxygens (including phenoxy) is 4.